The van der Waals surface area contributed by atoms with Crippen LogP contribution in [0.2, 0.25) is 0 Å². The van der Waals surface area contributed by atoms with E-state index in [2.05, 4.69) is 6.92 Å². The van der Waals surface area contributed by atoms with Gasteiger partial charge in [0.25, 0.3) is 0 Å². The molecule has 0 aromatic carbocycles. The number of hydrogen-bond donors (Lipinski definition) is 0. The average molecular weight is 143 g/mol. The number of halogens is 4. The Labute approximate surface area is 50.9 Å². The molecule has 0 aromatic rings. The Balaban J connectivity index is 3.59. The van der Waals surface area contributed by atoms with Crippen LogP contribution in [-0.4, -0.2) is 12.9 Å². The van der Waals surface area contributed by atoms with E-state index < -0.39 is 25.2 Å². The monoisotopic (exact) mass is 143 g/mol. The summed E-state index contributed by atoms with van der Waals surface area (Å²) in [6.07, 6.45) is -4.88. The molecular formula is C5H7F4. The van der Waals surface area contributed by atoms with Gasteiger partial charge in [-0.3, -0.25) is 4.39 Å². The van der Waals surface area contributed by atoms with Crippen LogP contribution >= 0.6 is 0 Å². The van der Waals surface area contributed by atoms with Crippen LogP contribution in [0.4, 0.5) is 17.6 Å². The molecule has 1 radical (unpaired) electrons. The molecule has 0 amide bonds. The van der Waals surface area contributed by atoms with Crippen LogP contribution in [0.5, 0.6) is 0 Å². The number of alkyl halides is 4. The molecule has 0 aromatic heterocycles. The van der Waals surface area contributed by atoms with Crippen molar-refractivity contribution in [2.75, 3.05) is 6.67 Å². The van der Waals surface area contributed by atoms with Gasteiger partial charge in [0.2, 0.25) is 0 Å². The normalized spacial score (nSPS) is 15.7. The van der Waals surface area contributed by atoms with Crippen molar-refractivity contribution in [1.29, 1.82) is 0 Å². The van der Waals surface area contributed by atoms with Crippen LogP contribution in [0, 0.1) is 12.8 Å². The van der Waals surface area contributed by atoms with Gasteiger partial charge in [-0.2, -0.15) is 13.2 Å². The fraction of sp³-hybridized carbons (Fsp3) is 0.800. The lowest BCUT2D eigenvalue weighted by molar-refractivity contribution is -0.164. The summed E-state index contributed by atoms with van der Waals surface area (Å²) in [5.41, 5.74) is 0. The summed E-state index contributed by atoms with van der Waals surface area (Å²) < 4.78 is 45.5. The van der Waals surface area contributed by atoms with Crippen LogP contribution in [0.25, 0.3) is 0 Å². The van der Waals surface area contributed by atoms with E-state index in [4.69, 9.17) is 0 Å². The molecule has 0 aliphatic heterocycles. The van der Waals surface area contributed by atoms with Crippen molar-refractivity contribution in [3.05, 3.63) is 6.92 Å². The lowest BCUT2D eigenvalue weighted by atomic mass is 10.1. The number of hydrogen-bond acceptors (Lipinski definition) is 0. The smallest absolute Gasteiger partial charge is 0.251 e. The van der Waals surface area contributed by atoms with Crippen LogP contribution < -0.4 is 0 Å². The second-order valence-corrected chi connectivity index (χ2v) is 1.72. The minimum atomic E-state index is -4.34. The van der Waals surface area contributed by atoms with E-state index in [-0.39, 0.29) is 0 Å². The van der Waals surface area contributed by atoms with E-state index in [1.165, 1.54) is 0 Å². The SMILES string of the molecule is [CH2]C(CCF)C(F)(F)F. The molecule has 55 valence electrons. The van der Waals surface area contributed by atoms with E-state index in [0.29, 0.717) is 0 Å². The molecule has 1 unspecified atom stereocenters. The zero-order chi connectivity index (χ0) is 7.49. The molecule has 0 bridgehead atoms. The second kappa shape index (κ2) is 3.03. The Kier molecular flexibility index (Phi) is 2.94. The first-order chi connectivity index (χ1) is 3.98. The van der Waals surface area contributed by atoms with Gasteiger partial charge in [-0.15, -0.1) is 0 Å². The molecule has 0 rings (SSSR count). The highest BCUT2D eigenvalue weighted by Gasteiger charge is 2.35. The van der Waals surface area contributed by atoms with Gasteiger partial charge in [-0.05, 0) is 13.3 Å². The fourth-order valence-corrected chi connectivity index (χ4v) is 0.295. The van der Waals surface area contributed by atoms with Gasteiger partial charge in [-0.25, -0.2) is 0 Å². The van der Waals surface area contributed by atoms with Crippen molar-refractivity contribution < 1.29 is 17.6 Å². The summed E-state index contributed by atoms with van der Waals surface area (Å²) in [4.78, 5) is 0. The van der Waals surface area contributed by atoms with E-state index in [1.807, 2.05) is 0 Å². The predicted octanol–water partition coefficient (Wildman–Crippen LogP) is 2.36. The molecule has 0 fully saturated rings. The summed E-state index contributed by atoms with van der Waals surface area (Å²) in [6.45, 7) is 1.77. The van der Waals surface area contributed by atoms with Crippen LogP contribution in [-0.2, 0) is 0 Å². The molecular weight excluding hydrogens is 136 g/mol. The van der Waals surface area contributed by atoms with Gasteiger partial charge in [0.05, 0.1) is 12.6 Å². The largest absolute Gasteiger partial charge is 0.391 e. The van der Waals surface area contributed by atoms with Crippen molar-refractivity contribution in [3.8, 4) is 0 Å². The first-order valence-corrected chi connectivity index (χ1v) is 2.44. The molecule has 4 heteroatoms. The minimum absolute atomic E-state index is 0.538. The van der Waals surface area contributed by atoms with Gasteiger partial charge >= 0.3 is 6.18 Å². The Morgan fingerprint density at radius 2 is 1.78 bits per heavy atom. The summed E-state index contributed by atoms with van der Waals surface area (Å²) in [6, 6.07) is 0. The maximum atomic E-state index is 11.4. The zero-order valence-electron chi connectivity index (χ0n) is 4.71. The highest BCUT2D eigenvalue weighted by molar-refractivity contribution is 4.68. The minimum Gasteiger partial charge on any atom is -0.251 e. The third kappa shape index (κ3) is 3.32. The van der Waals surface area contributed by atoms with Crippen LogP contribution in [0.1, 0.15) is 6.42 Å². The van der Waals surface area contributed by atoms with Gasteiger partial charge < -0.3 is 0 Å². The molecule has 0 aliphatic carbocycles. The molecule has 0 N–H and O–H groups in total. The molecule has 1 atom stereocenters. The summed E-state index contributed by atoms with van der Waals surface area (Å²) >= 11 is 0. The van der Waals surface area contributed by atoms with Gasteiger partial charge in [0.15, 0.2) is 0 Å². The third-order valence-corrected chi connectivity index (χ3v) is 0.920. The van der Waals surface area contributed by atoms with Gasteiger partial charge in [0, 0.05) is 0 Å². The maximum absolute atomic E-state index is 11.4. The second-order valence-electron chi connectivity index (χ2n) is 1.72. The molecule has 0 heterocycles. The summed E-state index contributed by atoms with van der Waals surface area (Å²) in [5.74, 6) is -1.76. The predicted molar refractivity (Wildman–Crippen MR) is 25.5 cm³/mol. The molecule has 0 aliphatic rings. The van der Waals surface area contributed by atoms with E-state index in [9.17, 15) is 17.6 Å². The quantitative estimate of drug-likeness (QED) is 0.520. The summed E-state index contributed by atoms with van der Waals surface area (Å²) in [7, 11) is 0. The highest BCUT2D eigenvalue weighted by Crippen LogP contribution is 2.27. The Hall–Kier alpha value is -0.280. The number of rotatable bonds is 2. The van der Waals surface area contributed by atoms with Crippen molar-refractivity contribution in [1.82, 2.24) is 0 Å². The Morgan fingerprint density at radius 3 is 1.89 bits per heavy atom. The van der Waals surface area contributed by atoms with Crippen molar-refractivity contribution in [3.63, 3.8) is 0 Å². The van der Waals surface area contributed by atoms with Crippen molar-refractivity contribution in [2.45, 2.75) is 12.6 Å². The first-order valence-electron chi connectivity index (χ1n) is 2.44. The van der Waals surface area contributed by atoms with Crippen molar-refractivity contribution >= 4 is 0 Å². The van der Waals surface area contributed by atoms with E-state index in [1.54, 1.807) is 0 Å². The first kappa shape index (κ1) is 8.72. The lowest BCUT2D eigenvalue weighted by Crippen LogP contribution is -2.20. The Bertz CT molecular complexity index is 75.5. The van der Waals surface area contributed by atoms with Crippen molar-refractivity contribution in [2.24, 2.45) is 5.92 Å². The topological polar surface area (TPSA) is 0 Å². The zero-order valence-corrected chi connectivity index (χ0v) is 4.71. The molecule has 0 saturated carbocycles. The molecule has 9 heavy (non-hydrogen) atoms. The molecule has 0 spiro atoms. The Morgan fingerprint density at radius 1 is 1.33 bits per heavy atom. The van der Waals surface area contributed by atoms with Gasteiger partial charge in [0.1, 0.15) is 0 Å². The third-order valence-electron chi connectivity index (χ3n) is 0.920. The standard InChI is InChI=1S/C5H7F4/c1-4(2-3-6)5(7,8)9/h4H,1-3H2. The molecule has 0 saturated heterocycles. The summed E-state index contributed by atoms with van der Waals surface area (Å²) in [5, 5.41) is 0. The van der Waals surface area contributed by atoms with E-state index in [0.717, 1.165) is 0 Å². The lowest BCUT2D eigenvalue weighted by Gasteiger charge is -2.12. The highest BCUT2D eigenvalue weighted by atomic mass is 19.4. The van der Waals surface area contributed by atoms with Crippen LogP contribution in [0.3, 0.4) is 0 Å². The van der Waals surface area contributed by atoms with E-state index >= 15 is 0 Å². The maximum Gasteiger partial charge on any atom is 0.391 e. The average Bonchev–Trinajstić information content (AvgIpc) is 1.64. The molecule has 0 nitrogen and oxygen atoms in total. The van der Waals surface area contributed by atoms with Gasteiger partial charge in [-0.1, -0.05) is 0 Å². The fourth-order valence-electron chi connectivity index (χ4n) is 0.295. The van der Waals surface area contributed by atoms with Crippen LogP contribution in [0.15, 0.2) is 0 Å².